The van der Waals surface area contributed by atoms with Crippen molar-refractivity contribution in [3.8, 4) is 5.88 Å². The summed E-state index contributed by atoms with van der Waals surface area (Å²) in [5.74, 6) is 0.523. The minimum absolute atomic E-state index is 0.161. The molecule has 2 aromatic rings. The predicted molar refractivity (Wildman–Crippen MR) is 74.2 cm³/mol. The van der Waals surface area contributed by atoms with Crippen molar-refractivity contribution in [3.63, 3.8) is 0 Å². The Hall–Kier alpha value is -2.11. The van der Waals surface area contributed by atoms with Crippen molar-refractivity contribution in [2.45, 2.75) is 12.4 Å². The van der Waals surface area contributed by atoms with E-state index in [0.717, 1.165) is 5.56 Å². The number of pyridine rings is 1. The molecule has 5 heteroatoms. The summed E-state index contributed by atoms with van der Waals surface area (Å²) in [4.78, 5) is 4.09. The molecule has 0 bridgehead atoms. The third-order valence-corrected chi connectivity index (χ3v) is 2.99. The molecular weight excluding hydrogens is 256 g/mol. The van der Waals surface area contributed by atoms with E-state index in [2.05, 4.69) is 4.98 Å². The number of hydrogen-bond donors (Lipinski definition) is 1. The molecule has 104 valence electrons. The summed E-state index contributed by atoms with van der Waals surface area (Å²) in [5, 5.41) is 0. The maximum atomic E-state index is 5.68. The van der Waals surface area contributed by atoms with Crippen molar-refractivity contribution >= 4 is 5.69 Å². The molecular formula is C15H16N2O3. The van der Waals surface area contributed by atoms with Crippen molar-refractivity contribution in [2.75, 3.05) is 18.9 Å². The number of nitrogen functional groups attached to an aromatic ring is 1. The molecule has 1 aromatic carbocycles. The average Bonchev–Trinajstić information content (AvgIpc) is 2.51. The molecule has 2 N–H and O–H groups in total. The van der Waals surface area contributed by atoms with Crippen LogP contribution in [-0.2, 0) is 9.47 Å². The van der Waals surface area contributed by atoms with Gasteiger partial charge >= 0.3 is 0 Å². The molecule has 0 aliphatic carbocycles. The fraction of sp³-hybridized carbons (Fsp3) is 0.267. The highest BCUT2D eigenvalue weighted by Crippen LogP contribution is 2.24. The Morgan fingerprint density at radius 1 is 1.05 bits per heavy atom. The van der Waals surface area contributed by atoms with Gasteiger partial charge < -0.3 is 19.9 Å². The maximum absolute atomic E-state index is 5.68. The van der Waals surface area contributed by atoms with Crippen molar-refractivity contribution < 1.29 is 14.2 Å². The lowest BCUT2D eigenvalue weighted by atomic mass is 10.2. The zero-order valence-electron chi connectivity index (χ0n) is 10.9. The fourth-order valence-corrected chi connectivity index (χ4v) is 1.99. The van der Waals surface area contributed by atoms with Crippen molar-refractivity contribution in [1.29, 1.82) is 0 Å². The van der Waals surface area contributed by atoms with Gasteiger partial charge in [0.05, 0.1) is 25.1 Å². The van der Waals surface area contributed by atoms with E-state index in [0.29, 0.717) is 24.8 Å². The van der Waals surface area contributed by atoms with Crippen LogP contribution in [0.5, 0.6) is 5.88 Å². The van der Waals surface area contributed by atoms with Gasteiger partial charge in [0.15, 0.2) is 6.29 Å². The van der Waals surface area contributed by atoms with Crippen LogP contribution in [0.25, 0.3) is 0 Å². The number of anilines is 1. The number of ether oxygens (including phenoxy) is 3. The van der Waals surface area contributed by atoms with Gasteiger partial charge in [0, 0.05) is 11.6 Å². The quantitative estimate of drug-likeness (QED) is 0.927. The number of rotatable bonds is 3. The van der Waals surface area contributed by atoms with Crippen LogP contribution in [0, 0.1) is 0 Å². The van der Waals surface area contributed by atoms with Gasteiger partial charge in [0.2, 0.25) is 5.88 Å². The monoisotopic (exact) mass is 272 g/mol. The van der Waals surface area contributed by atoms with Crippen LogP contribution in [0.15, 0.2) is 48.7 Å². The van der Waals surface area contributed by atoms with Gasteiger partial charge in [-0.1, -0.05) is 30.3 Å². The SMILES string of the molecule is Nc1ccc(OC2COC(c3ccccc3)OC2)nc1. The summed E-state index contributed by atoms with van der Waals surface area (Å²) in [6, 6.07) is 13.3. The summed E-state index contributed by atoms with van der Waals surface area (Å²) in [6.07, 6.45) is 1.08. The summed E-state index contributed by atoms with van der Waals surface area (Å²) in [7, 11) is 0. The van der Waals surface area contributed by atoms with Gasteiger partial charge in [-0.2, -0.15) is 0 Å². The van der Waals surface area contributed by atoms with E-state index >= 15 is 0 Å². The van der Waals surface area contributed by atoms with Crippen LogP contribution < -0.4 is 10.5 Å². The van der Waals surface area contributed by atoms with Gasteiger partial charge in [0.25, 0.3) is 0 Å². The van der Waals surface area contributed by atoms with Crippen LogP contribution in [0.3, 0.4) is 0 Å². The van der Waals surface area contributed by atoms with Gasteiger partial charge in [-0.25, -0.2) is 4.98 Å². The second kappa shape index (κ2) is 5.90. The van der Waals surface area contributed by atoms with Gasteiger partial charge in [-0.3, -0.25) is 0 Å². The van der Waals surface area contributed by atoms with Gasteiger partial charge in [-0.15, -0.1) is 0 Å². The van der Waals surface area contributed by atoms with E-state index in [1.54, 1.807) is 18.3 Å². The number of nitrogens with zero attached hydrogens (tertiary/aromatic N) is 1. The molecule has 0 spiro atoms. The van der Waals surface area contributed by atoms with E-state index < -0.39 is 0 Å². The topological polar surface area (TPSA) is 66.6 Å². The fourth-order valence-electron chi connectivity index (χ4n) is 1.99. The van der Waals surface area contributed by atoms with Crippen LogP contribution >= 0.6 is 0 Å². The molecule has 1 aliphatic heterocycles. The first-order valence-corrected chi connectivity index (χ1v) is 6.47. The van der Waals surface area contributed by atoms with Crippen LogP contribution in [0.1, 0.15) is 11.9 Å². The third-order valence-electron chi connectivity index (χ3n) is 2.99. The number of nitrogens with two attached hydrogens (primary N) is 1. The largest absolute Gasteiger partial charge is 0.469 e. The van der Waals surface area contributed by atoms with E-state index in [-0.39, 0.29) is 12.4 Å². The zero-order chi connectivity index (χ0) is 13.8. The molecule has 5 nitrogen and oxygen atoms in total. The lowest BCUT2D eigenvalue weighted by molar-refractivity contribution is -0.216. The first-order chi connectivity index (χ1) is 9.81. The summed E-state index contributed by atoms with van der Waals surface area (Å²) >= 11 is 0. The number of aromatic nitrogens is 1. The highest BCUT2D eigenvalue weighted by Gasteiger charge is 2.24. The van der Waals surface area contributed by atoms with E-state index in [1.165, 1.54) is 0 Å². The van der Waals surface area contributed by atoms with E-state index in [1.807, 2.05) is 30.3 Å². The normalized spacial score (nSPS) is 22.4. The zero-order valence-corrected chi connectivity index (χ0v) is 10.9. The maximum Gasteiger partial charge on any atom is 0.213 e. The van der Waals surface area contributed by atoms with Crippen molar-refractivity contribution in [1.82, 2.24) is 4.98 Å². The molecule has 0 saturated carbocycles. The molecule has 0 amide bonds. The Labute approximate surface area is 117 Å². The second-order valence-corrected chi connectivity index (χ2v) is 4.58. The predicted octanol–water partition coefficient (Wildman–Crippen LogP) is 2.16. The highest BCUT2D eigenvalue weighted by atomic mass is 16.7. The Balaban J connectivity index is 1.55. The molecule has 1 fully saturated rings. The lowest BCUT2D eigenvalue weighted by Gasteiger charge is -2.29. The molecule has 0 radical (unpaired) electrons. The number of hydrogen-bond acceptors (Lipinski definition) is 5. The van der Waals surface area contributed by atoms with Crippen molar-refractivity contribution in [3.05, 3.63) is 54.2 Å². The van der Waals surface area contributed by atoms with Crippen LogP contribution in [0.2, 0.25) is 0 Å². The summed E-state index contributed by atoms with van der Waals surface area (Å²) < 4.78 is 17.0. The molecule has 1 saturated heterocycles. The Morgan fingerprint density at radius 3 is 2.45 bits per heavy atom. The highest BCUT2D eigenvalue weighted by molar-refractivity contribution is 5.36. The minimum atomic E-state index is -0.324. The summed E-state index contributed by atoms with van der Waals surface area (Å²) in [6.45, 7) is 0.928. The Morgan fingerprint density at radius 2 is 1.80 bits per heavy atom. The molecule has 3 rings (SSSR count). The average molecular weight is 272 g/mol. The minimum Gasteiger partial charge on any atom is -0.469 e. The molecule has 20 heavy (non-hydrogen) atoms. The Bertz CT molecular complexity index is 537. The molecule has 2 heterocycles. The molecule has 1 aliphatic rings. The third kappa shape index (κ3) is 3.07. The van der Waals surface area contributed by atoms with Gasteiger partial charge in [0.1, 0.15) is 6.10 Å². The van der Waals surface area contributed by atoms with Crippen LogP contribution in [0.4, 0.5) is 5.69 Å². The smallest absolute Gasteiger partial charge is 0.213 e. The van der Waals surface area contributed by atoms with E-state index in [4.69, 9.17) is 19.9 Å². The molecule has 0 atom stereocenters. The lowest BCUT2D eigenvalue weighted by Crippen LogP contribution is -2.35. The first kappa shape index (κ1) is 12.9. The first-order valence-electron chi connectivity index (χ1n) is 6.47. The van der Waals surface area contributed by atoms with Crippen LogP contribution in [-0.4, -0.2) is 24.3 Å². The number of benzene rings is 1. The van der Waals surface area contributed by atoms with E-state index in [9.17, 15) is 0 Å². The molecule has 1 aromatic heterocycles. The standard InChI is InChI=1S/C15H16N2O3/c16-12-6-7-14(17-8-12)20-13-9-18-15(19-10-13)11-4-2-1-3-5-11/h1-8,13,15H,9-10,16H2. The molecule has 0 unspecified atom stereocenters. The van der Waals surface area contributed by atoms with Crippen molar-refractivity contribution in [2.24, 2.45) is 0 Å². The second-order valence-electron chi connectivity index (χ2n) is 4.58. The summed E-state index contributed by atoms with van der Waals surface area (Å²) in [5.41, 5.74) is 7.19. The van der Waals surface area contributed by atoms with Gasteiger partial charge in [-0.05, 0) is 6.07 Å². The Kier molecular flexibility index (Phi) is 3.80.